The van der Waals surface area contributed by atoms with Crippen molar-refractivity contribution in [1.82, 2.24) is 24.5 Å². The van der Waals surface area contributed by atoms with E-state index < -0.39 is 40.3 Å². The van der Waals surface area contributed by atoms with Crippen molar-refractivity contribution >= 4 is 41.6 Å². The third kappa shape index (κ3) is 11.3. The van der Waals surface area contributed by atoms with Crippen LogP contribution in [0, 0.1) is 12.8 Å². The Morgan fingerprint density at radius 3 is 2.20 bits per heavy atom. The molecule has 1 saturated heterocycles. The molecule has 0 radical (unpaired) electrons. The number of hydrogen-bond acceptors (Lipinski definition) is 8. The van der Waals surface area contributed by atoms with Crippen LogP contribution in [-0.2, 0) is 30.5 Å². The molecule has 50 heavy (non-hydrogen) atoms. The Bertz CT molecular complexity index is 1600. The zero-order chi connectivity index (χ0) is 36.5. The third-order valence-corrected chi connectivity index (χ3v) is 9.41. The van der Waals surface area contributed by atoms with E-state index in [1.165, 1.54) is 25.8 Å². The second-order valence-electron chi connectivity index (χ2n) is 14.2. The van der Waals surface area contributed by atoms with E-state index in [1.54, 1.807) is 37.9 Å². The van der Waals surface area contributed by atoms with Crippen LogP contribution in [0.2, 0.25) is 0 Å². The van der Waals surface area contributed by atoms with Gasteiger partial charge in [0.25, 0.3) is 5.91 Å². The zero-order valence-corrected chi connectivity index (χ0v) is 30.8. The van der Waals surface area contributed by atoms with Crippen LogP contribution in [0.25, 0.3) is 0 Å². The summed E-state index contributed by atoms with van der Waals surface area (Å²) in [6.45, 7) is 13.7. The van der Waals surface area contributed by atoms with E-state index in [9.17, 15) is 19.2 Å². The summed E-state index contributed by atoms with van der Waals surface area (Å²) in [5.74, 6) is 0.281. The smallest absolute Gasteiger partial charge is 0.408 e. The highest BCUT2D eigenvalue weighted by atomic mass is 32.2. The lowest BCUT2D eigenvalue weighted by molar-refractivity contribution is -0.132. The Morgan fingerprint density at radius 2 is 1.58 bits per heavy atom. The van der Waals surface area contributed by atoms with Gasteiger partial charge in [0, 0.05) is 13.1 Å². The van der Waals surface area contributed by atoms with E-state index in [1.807, 2.05) is 65.6 Å². The molecule has 0 saturated carbocycles. The van der Waals surface area contributed by atoms with Crippen LogP contribution >= 0.6 is 11.9 Å². The number of aryl methyl sites for hydroxylation is 1. The van der Waals surface area contributed by atoms with E-state index in [0.717, 1.165) is 37.1 Å². The van der Waals surface area contributed by atoms with Gasteiger partial charge in [-0.15, -0.1) is 0 Å². The number of likely N-dealkylation sites (tertiary alicyclic amines) is 1. The maximum absolute atomic E-state index is 13.8. The number of imidazole rings is 1. The normalized spacial score (nSPS) is 15.1. The van der Waals surface area contributed by atoms with Gasteiger partial charge in [-0.3, -0.25) is 18.4 Å². The van der Waals surface area contributed by atoms with E-state index in [4.69, 9.17) is 9.47 Å². The maximum Gasteiger partial charge on any atom is 0.408 e. The highest BCUT2D eigenvalue weighted by molar-refractivity contribution is 7.98. The summed E-state index contributed by atoms with van der Waals surface area (Å²) in [4.78, 5) is 59.9. The summed E-state index contributed by atoms with van der Waals surface area (Å²) in [6, 6.07) is 18.0. The topological polar surface area (TPSA) is 144 Å². The van der Waals surface area contributed by atoms with Crippen LogP contribution < -0.4 is 16.0 Å². The maximum atomic E-state index is 13.8. The summed E-state index contributed by atoms with van der Waals surface area (Å²) < 4.78 is 13.0. The van der Waals surface area contributed by atoms with Gasteiger partial charge in [0.15, 0.2) is 5.82 Å². The van der Waals surface area contributed by atoms with Gasteiger partial charge in [0.05, 0.1) is 19.4 Å². The fourth-order valence-corrected chi connectivity index (χ4v) is 6.33. The second kappa shape index (κ2) is 17.0. The molecule has 3 N–H and O–H groups in total. The minimum Gasteiger partial charge on any atom is -0.444 e. The number of ether oxygens (including phenoxy) is 2. The van der Waals surface area contributed by atoms with Crippen LogP contribution in [0.3, 0.4) is 0 Å². The molecule has 1 fully saturated rings. The Balaban J connectivity index is 1.49. The Kier molecular flexibility index (Phi) is 13.1. The number of alkyl carbamates (subject to hydrolysis) is 1. The number of benzene rings is 2. The molecule has 0 aliphatic carbocycles. The van der Waals surface area contributed by atoms with Gasteiger partial charge in [-0.05, 0) is 83.4 Å². The Hall–Kier alpha value is -4.36. The molecule has 1 aliphatic heterocycles. The average Bonchev–Trinajstić information content (AvgIpc) is 3.40. The molecule has 270 valence electrons. The van der Waals surface area contributed by atoms with Crippen LogP contribution in [-0.4, -0.2) is 74.5 Å². The predicted octanol–water partition coefficient (Wildman–Crippen LogP) is 5.63. The number of hydrogen-bond donors (Lipinski definition) is 3. The van der Waals surface area contributed by atoms with Gasteiger partial charge in [-0.25, -0.2) is 9.78 Å². The van der Waals surface area contributed by atoms with E-state index in [-0.39, 0.29) is 24.9 Å². The molecule has 12 nitrogen and oxygen atoms in total. The first kappa shape index (κ1) is 38.4. The van der Waals surface area contributed by atoms with Gasteiger partial charge < -0.3 is 30.3 Å². The number of carbonyl (C=O) groups excluding carboxylic acids is 4. The zero-order valence-electron chi connectivity index (χ0n) is 30.0. The predicted molar refractivity (Wildman–Crippen MR) is 194 cm³/mol. The first-order valence-electron chi connectivity index (χ1n) is 16.9. The fraction of sp³-hybridized carbons (Fsp3) is 0.486. The van der Waals surface area contributed by atoms with E-state index >= 15 is 0 Å². The first-order chi connectivity index (χ1) is 23.6. The van der Waals surface area contributed by atoms with Crippen molar-refractivity contribution in [3.63, 3.8) is 0 Å². The van der Waals surface area contributed by atoms with Crippen LogP contribution in [0.4, 0.5) is 10.6 Å². The highest BCUT2D eigenvalue weighted by Gasteiger charge is 2.35. The third-order valence-electron chi connectivity index (χ3n) is 8.13. The number of amides is 4. The molecule has 4 rings (SSSR count). The van der Waals surface area contributed by atoms with Crippen LogP contribution in [0.1, 0.15) is 76.6 Å². The van der Waals surface area contributed by atoms with Gasteiger partial charge in [-0.1, -0.05) is 67.6 Å². The average molecular weight is 707 g/mol. The lowest BCUT2D eigenvalue weighted by Gasteiger charge is -2.33. The quantitative estimate of drug-likeness (QED) is 0.208. The second-order valence-corrected chi connectivity index (χ2v) is 15.2. The minimum atomic E-state index is -1.42. The largest absolute Gasteiger partial charge is 0.444 e. The lowest BCUT2D eigenvalue weighted by Crippen LogP contribution is -2.59. The van der Waals surface area contributed by atoms with E-state index in [0.29, 0.717) is 11.7 Å². The molecular formula is C37H50N6O6S. The van der Waals surface area contributed by atoms with Crippen molar-refractivity contribution in [3.8, 4) is 0 Å². The van der Waals surface area contributed by atoms with Crippen molar-refractivity contribution in [2.45, 2.75) is 90.3 Å². The SMILES string of the molecule is Cc1nc(NC(=O)[C@@H](COCc2ccccc2)NC(=O)C(C)(C)NC(=O)OC(C)(C)C)cn1SC(C(=O)N1CCC(C)CC1)c1ccccc1. The molecular weight excluding hydrogens is 657 g/mol. The molecule has 4 amide bonds. The Morgan fingerprint density at radius 1 is 0.960 bits per heavy atom. The molecule has 2 heterocycles. The summed E-state index contributed by atoms with van der Waals surface area (Å²) >= 11 is 1.33. The fourth-order valence-electron chi connectivity index (χ4n) is 5.23. The molecule has 2 aromatic carbocycles. The Labute approximate surface area is 299 Å². The molecule has 1 aromatic heterocycles. The summed E-state index contributed by atoms with van der Waals surface area (Å²) in [5.41, 5.74) is -0.399. The van der Waals surface area contributed by atoms with Crippen molar-refractivity contribution < 1.29 is 28.7 Å². The van der Waals surface area contributed by atoms with Crippen molar-refractivity contribution in [2.75, 3.05) is 25.0 Å². The molecule has 1 aliphatic rings. The van der Waals surface area contributed by atoms with Gasteiger partial charge in [-0.2, -0.15) is 0 Å². The molecule has 1 unspecified atom stereocenters. The number of aromatic nitrogens is 2. The molecule has 13 heteroatoms. The molecule has 3 aromatic rings. The minimum absolute atomic E-state index is 0.0349. The van der Waals surface area contributed by atoms with Crippen molar-refractivity contribution in [2.24, 2.45) is 5.92 Å². The van der Waals surface area contributed by atoms with Crippen molar-refractivity contribution in [3.05, 3.63) is 83.8 Å². The standard InChI is InChI=1S/C37H50N6O6S/c1-25-18-20-42(21-19-25)33(45)31(28-16-12-9-13-17-28)50-43-22-30(38-26(43)2)40-32(44)29(24-48-23-27-14-10-8-11-15-27)39-34(46)37(6,7)41-35(47)49-36(3,4)5/h8-17,22,25,29,31H,18-21,23-24H2,1-7H3,(H,39,46)(H,40,44)(H,41,47)/t29-,31?/m1/s1. The monoisotopic (exact) mass is 706 g/mol. The van der Waals surface area contributed by atoms with Gasteiger partial charge in [0.2, 0.25) is 11.8 Å². The lowest BCUT2D eigenvalue weighted by atomic mass is 9.98. The molecule has 2 atom stereocenters. The highest BCUT2D eigenvalue weighted by Crippen LogP contribution is 2.35. The number of nitrogens with zero attached hydrogens (tertiary/aromatic N) is 3. The summed E-state index contributed by atoms with van der Waals surface area (Å²) in [7, 11) is 0. The molecule has 0 spiro atoms. The van der Waals surface area contributed by atoms with E-state index in [2.05, 4.69) is 27.9 Å². The number of nitrogens with one attached hydrogen (secondary N) is 3. The molecule has 0 bridgehead atoms. The van der Waals surface area contributed by atoms with Crippen LogP contribution in [0.5, 0.6) is 0 Å². The van der Waals surface area contributed by atoms with Crippen LogP contribution in [0.15, 0.2) is 66.9 Å². The summed E-state index contributed by atoms with van der Waals surface area (Å²) in [5, 5.41) is 7.59. The van der Waals surface area contributed by atoms with Gasteiger partial charge >= 0.3 is 6.09 Å². The first-order valence-corrected chi connectivity index (χ1v) is 17.8. The number of piperidine rings is 1. The number of anilines is 1. The number of rotatable bonds is 13. The summed E-state index contributed by atoms with van der Waals surface area (Å²) in [6.07, 6.45) is 2.84. The number of carbonyl (C=O) groups is 4. The van der Waals surface area contributed by atoms with Crippen molar-refractivity contribution in [1.29, 1.82) is 0 Å². The van der Waals surface area contributed by atoms with Gasteiger partial charge in [0.1, 0.15) is 28.3 Å².